The summed E-state index contributed by atoms with van der Waals surface area (Å²) < 4.78 is 0. The van der Waals surface area contributed by atoms with Gasteiger partial charge in [0.1, 0.15) is 5.69 Å². The molecule has 8 nitrogen and oxygen atoms in total. The number of hydrogen-bond donors (Lipinski definition) is 2. The Balaban J connectivity index is 1.40. The van der Waals surface area contributed by atoms with Crippen molar-refractivity contribution in [2.75, 3.05) is 60.7 Å². The minimum atomic E-state index is -0.179. The van der Waals surface area contributed by atoms with Crippen LogP contribution in [0.2, 0.25) is 5.02 Å². The number of carbonyl (C=O) groups is 1. The third-order valence-electron chi connectivity index (χ3n) is 5.89. The van der Waals surface area contributed by atoms with E-state index in [9.17, 15) is 4.79 Å². The fourth-order valence-corrected chi connectivity index (χ4v) is 4.36. The van der Waals surface area contributed by atoms with Crippen molar-refractivity contribution >= 4 is 52.0 Å². The van der Waals surface area contributed by atoms with Crippen molar-refractivity contribution in [1.82, 2.24) is 14.9 Å². The monoisotopic (exact) mass is 449 g/mol. The molecule has 2 N–H and O–H groups in total. The van der Waals surface area contributed by atoms with Gasteiger partial charge < -0.3 is 25.3 Å². The van der Waals surface area contributed by atoms with Crippen LogP contribution in [0.1, 0.15) is 10.4 Å². The highest BCUT2D eigenvalue weighted by molar-refractivity contribution is 6.33. The third-order valence-corrected chi connectivity index (χ3v) is 6.20. The second-order valence-electron chi connectivity index (χ2n) is 8.04. The zero-order valence-corrected chi connectivity index (χ0v) is 18.7. The van der Waals surface area contributed by atoms with Gasteiger partial charge in [-0.25, -0.2) is 4.98 Å². The predicted molar refractivity (Wildman–Crippen MR) is 129 cm³/mol. The van der Waals surface area contributed by atoms with E-state index in [4.69, 9.17) is 11.6 Å². The number of anilines is 6. The molecule has 2 aromatic carbocycles. The minimum Gasteiger partial charge on any atom is -0.368 e. The number of halogens is 1. The molecule has 3 aromatic rings. The highest BCUT2D eigenvalue weighted by Gasteiger charge is 2.24. The summed E-state index contributed by atoms with van der Waals surface area (Å²) in [4.78, 5) is 28.1. The number of amides is 1. The first-order chi connectivity index (χ1) is 15.5. The van der Waals surface area contributed by atoms with E-state index in [0.29, 0.717) is 28.0 Å². The van der Waals surface area contributed by atoms with Crippen LogP contribution in [0.4, 0.5) is 34.5 Å². The van der Waals surface area contributed by atoms with Gasteiger partial charge in [-0.05, 0) is 37.4 Å². The molecule has 1 aromatic heterocycles. The predicted octanol–water partition coefficient (Wildman–Crippen LogP) is 3.96. The van der Waals surface area contributed by atoms with Crippen LogP contribution in [0.15, 0.2) is 48.7 Å². The summed E-state index contributed by atoms with van der Waals surface area (Å²) in [5, 5.41) is 6.82. The Morgan fingerprint density at radius 1 is 1.03 bits per heavy atom. The molecule has 0 bridgehead atoms. The summed E-state index contributed by atoms with van der Waals surface area (Å²) in [5.74, 6) is 0.857. The summed E-state index contributed by atoms with van der Waals surface area (Å²) in [6.45, 7) is 3.95. The molecule has 9 heteroatoms. The van der Waals surface area contributed by atoms with Crippen molar-refractivity contribution in [3.8, 4) is 0 Å². The van der Waals surface area contributed by atoms with Crippen LogP contribution in [-0.4, -0.2) is 61.0 Å². The van der Waals surface area contributed by atoms with Crippen LogP contribution < -0.4 is 20.4 Å². The third kappa shape index (κ3) is 3.83. The van der Waals surface area contributed by atoms with E-state index in [-0.39, 0.29) is 5.91 Å². The number of fused-ring (bicyclic) bond motifs is 2. The highest BCUT2D eigenvalue weighted by Crippen LogP contribution is 2.36. The molecule has 0 unspecified atom stereocenters. The molecule has 1 saturated heterocycles. The summed E-state index contributed by atoms with van der Waals surface area (Å²) in [6, 6.07) is 13.3. The van der Waals surface area contributed by atoms with Gasteiger partial charge in [-0.1, -0.05) is 23.7 Å². The lowest BCUT2D eigenvalue weighted by Crippen LogP contribution is -2.44. The van der Waals surface area contributed by atoms with Gasteiger partial charge in [0, 0.05) is 38.9 Å². The van der Waals surface area contributed by atoms with Crippen molar-refractivity contribution < 1.29 is 4.79 Å². The molecule has 164 valence electrons. The first kappa shape index (κ1) is 20.5. The van der Waals surface area contributed by atoms with E-state index in [0.717, 1.165) is 43.2 Å². The molecule has 0 saturated carbocycles. The lowest BCUT2D eigenvalue weighted by Gasteiger charge is -2.34. The molecule has 3 heterocycles. The van der Waals surface area contributed by atoms with Gasteiger partial charge in [-0.3, -0.25) is 4.79 Å². The fourth-order valence-electron chi connectivity index (χ4n) is 4.06. The highest BCUT2D eigenvalue weighted by atomic mass is 35.5. The van der Waals surface area contributed by atoms with Gasteiger partial charge in [0.05, 0.1) is 28.2 Å². The summed E-state index contributed by atoms with van der Waals surface area (Å²) >= 11 is 6.61. The van der Waals surface area contributed by atoms with Crippen molar-refractivity contribution in [3.63, 3.8) is 0 Å². The van der Waals surface area contributed by atoms with Gasteiger partial charge in [0.25, 0.3) is 5.91 Å². The lowest BCUT2D eigenvalue weighted by atomic mass is 10.1. The number of para-hydroxylation sites is 1. The number of nitrogens with zero attached hydrogens (tertiary/aromatic N) is 5. The number of piperazine rings is 1. The number of carbonyl (C=O) groups excluding carboxylic acids is 1. The van der Waals surface area contributed by atoms with Crippen LogP contribution in [0, 0.1) is 0 Å². The first-order valence-corrected chi connectivity index (χ1v) is 10.9. The van der Waals surface area contributed by atoms with Crippen molar-refractivity contribution in [2.24, 2.45) is 0 Å². The fraction of sp³-hybridized carbons (Fsp3) is 0.261. The van der Waals surface area contributed by atoms with Crippen LogP contribution in [0.5, 0.6) is 0 Å². The Labute approximate surface area is 191 Å². The number of nitrogens with one attached hydrogen (secondary N) is 2. The second-order valence-corrected chi connectivity index (χ2v) is 8.45. The Bertz CT molecular complexity index is 1180. The molecule has 5 rings (SSSR count). The van der Waals surface area contributed by atoms with Gasteiger partial charge >= 0.3 is 0 Å². The van der Waals surface area contributed by atoms with E-state index in [2.05, 4.69) is 37.4 Å². The largest absolute Gasteiger partial charge is 0.368 e. The SMILES string of the molecule is CN1CCN(c2ccc(Nc3ncc4c(n3)N(C)c3ccccc3C(=O)N4)cc2Cl)CC1. The molecule has 1 fully saturated rings. The van der Waals surface area contributed by atoms with E-state index in [1.165, 1.54) is 0 Å². The first-order valence-electron chi connectivity index (χ1n) is 10.5. The number of aromatic nitrogens is 2. The van der Waals surface area contributed by atoms with Gasteiger partial charge in [0.2, 0.25) is 5.95 Å². The topological polar surface area (TPSA) is 76.6 Å². The van der Waals surface area contributed by atoms with Crippen LogP contribution in [-0.2, 0) is 0 Å². The maximum absolute atomic E-state index is 12.6. The van der Waals surface area contributed by atoms with Gasteiger partial charge in [-0.15, -0.1) is 0 Å². The van der Waals surface area contributed by atoms with Gasteiger partial charge in [0.15, 0.2) is 5.82 Å². The maximum atomic E-state index is 12.6. The molecule has 32 heavy (non-hydrogen) atoms. The molecule has 2 aliphatic rings. The lowest BCUT2D eigenvalue weighted by molar-refractivity contribution is 0.102. The average Bonchev–Trinajstić information content (AvgIpc) is 2.90. The minimum absolute atomic E-state index is 0.179. The molecule has 1 amide bonds. The number of benzene rings is 2. The molecule has 0 spiro atoms. The molecule has 2 aliphatic heterocycles. The average molecular weight is 450 g/mol. The standard InChI is InChI=1S/C23H24ClN7O/c1-29-9-11-31(12-10-29)20-8-7-15(13-17(20)24)26-23-25-14-18-21(28-23)30(2)19-6-4-3-5-16(19)22(32)27-18/h3-8,13-14H,9-12H2,1-2H3,(H,27,32)(H,25,26,28). The van der Waals surface area contributed by atoms with E-state index in [1.54, 1.807) is 12.3 Å². The molecular weight excluding hydrogens is 426 g/mol. The Morgan fingerprint density at radius 3 is 2.59 bits per heavy atom. The Kier molecular flexibility index (Phi) is 5.32. The van der Waals surface area contributed by atoms with Crippen LogP contribution >= 0.6 is 11.6 Å². The molecule has 0 radical (unpaired) electrons. The number of rotatable bonds is 3. The van der Waals surface area contributed by atoms with Crippen molar-refractivity contribution in [2.45, 2.75) is 0 Å². The maximum Gasteiger partial charge on any atom is 0.257 e. The van der Waals surface area contributed by atoms with Gasteiger partial charge in [-0.2, -0.15) is 4.98 Å². The van der Waals surface area contributed by atoms with E-state index >= 15 is 0 Å². The van der Waals surface area contributed by atoms with Crippen molar-refractivity contribution in [1.29, 1.82) is 0 Å². The van der Waals surface area contributed by atoms with Crippen molar-refractivity contribution in [3.05, 3.63) is 59.2 Å². The summed E-state index contributed by atoms with van der Waals surface area (Å²) in [6.07, 6.45) is 1.62. The summed E-state index contributed by atoms with van der Waals surface area (Å²) in [5.41, 5.74) is 3.77. The normalized spacial score (nSPS) is 16.2. The van der Waals surface area contributed by atoms with E-state index in [1.807, 2.05) is 48.3 Å². The second kappa shape index (κ2) is 8.29. The number of hydrogen-bond acceptors (Lipinski definition) is 7. The smallest absolute Gasteiger partial charge is 0.257 e. The van der Waals surface area contributed by atoms with E-state index < -0.39 is 0 Å². The van der Waals surface area contributed by atoms with Crippen LogP contribution in [0.3, 0.4) is 0 Å². The van der Waals surface area contributed by atoms with Crippen LogP contribution in [0.25, 0.3) is 0 Å². The molecule has 0 atom stereocenters. The summed E-state index contributed by atoms with van der Waals surface area (Å²) in [7, 11) is 4.02. The molecule has 0 aliphatic carbocycles. The molecular formula is C23H24ClN7O. The zero-order chi connectivity index (χ0) is 22.2. The number of likely N-dealkylation sites (N-methyl/N-ethyl adjacent to an activating group) is 1. The Morgan fingerprint density at radius 2 is 1.81 bits per heavy atom. The Hall–Kier alpha value is -3.36. The zero-order valence-electron chi connectivity index (χ0n) is 18.0. The quantitative estimate of drug-likeness (QED) is 0.626.